The summed E-state index contributed by atoms with van der Waals surface area (Å²) in [6.07, 6.45) is 4.19. The molecule has 4 N–H and O–H groups in total. The Morgan fingerprint density at radius 3 is 1.11 bits per heavy atom. The fourth-order valence-electron chi connectivity index (χ4n) is 8.41. The zero-order chi connectivity index (χ0) is 50.0. The Kier molecular flexibility index (Phi) is 16.0. The quantitative estimate of drug-likeness (QED) is 0.0469. The Morgan fingerprint density at radius 1 is 0.514 bits per heavy atom. The number of para-hydroxylation sites is 2. The van der Waals surface area contributed by atoms with Gasteiger partial charge in [-0.3, -0.25) is 10.9 Å². The summed E-state index contributed by atoms with van der Waals surface area (Å²) in [5.41, 5.74) is 15.8. The number of hydrogen-bond acceptors (Lipinski definition) is 12. The van der Waals surface area contributed by atoms with E-state index in [-0.39, 0.29) is 74.4 Å². The second kappa shape index (κ2) is 22.2. The number of fused-ring (bicyclic) bond motifs is 8. The minimum atomic E-state index is -0.526. The highest BCUT2D eigenvalue weighted by atomic mass is 16.6. The van der Waals surface area contributed by atoms with Gasteiger partial charge in [-0.05, 0) is 140 Å². The largest absolute Gasteiger partial charge is 0.507 e. The Labute approximate surface area is 411 Å². The van der Waals surface area contributed by atoms with Crippen molar-refractivity contribution in [2.24, 2.45) is 10.2 Å². The number of phenolic OH excluding ortho intramolecular Hbond substituents is 2. The van der Waals surface area contributed by atoms with Gasteiger partial charge in [0.15, 0.2) is 13.2 Å². The van der Waals surface area contributed by atoms with Crippen molar-refractivity contribution in [1.29, 1.82) is 0 Å². The van der Waals surface area contributed by atoms with E-state index in [1.807, 2.05) is 84.9 Å². The number of anilines is 2. The number of nitrogens with one attached hydrogen (secondary N) is 2. The van der Waals surface area contributed by atoms with Crippen LogP contribution in [0, 0.1) is 0 Å². The first-order valence-electron chi connectivity index (χ1n) is 23.8. The number of ether oxygens (including phenoxy) is 4. The number of carbonyl (C=O) groups is 2. The minimum Gasteiger partial charge on any atom is -0.507 e. The number of rotatable bonds is 14. The van der Waals surface area contributed by atoms with Gasteiger partial charge in [0.05, 0.1) is 37.0 Å². The smallest absolute Gasteiger partial charge is 0.344 e. The second-order valence-electron chi connectivity index (χ2n) is 19.5. The highest BCUT2D eigenvalue weighted by molar-refractivity contribution is 5.83. The molecule has 1 aliphatic rings. The van der Waals surface area contributed by atoms with Gasteiger partial charge in [0.2, 0.25) is 0 Å². The summed E-state index contributed by atoms with van der Waals surface area (Å²) in [4.78, 5) is 26.0. The number of aromatic hydroxyl groups is 2. The number of esters is 2. The van der Waals surface area contributed by atoms with Crippen molar-refractivity contribution in [3.05, 3.63) is 176 Å². The van der Waals surface area contributed by atoms with E-state index >= 15 is 0 Å². The number of hydrazone groups is 2. The molecule has 7 rings (SSSR count). The van der Waals surface area contributed by atoms with Crippen molar-refractivity contribution in [1.82, 2.24) is 0 Å². The zero-order valence-corrected chi connectivity index (χ0v) is 41.4. The maximum Gasteiger partial charge on any atom is 0.344 e. The molecule has 0 saturated carbocycles. The molecule has 6 aromatic carbocycles. The summed E-state index contributed by atoms with van der Waals surface area (Å²) < 4.78 is 23.7. The van der Waals surface area contributed by atoms with E-state index in [0.29, 0.717) is 44.9 Å². The Hall–Kier alpha value is -7.60. The van der Waals surface area contributed by atoms with Gasteiger partial charge in [-0.15, -0.1) is 0 Å². The molecular weight excluding hydrogens is 881 g/mol. The molecule has 0 radical (unpaired) electrons. The predicted molar refractivity (Wildman–Crippen MR) is 277 cm³/mol. The molecule has 0 aromatic heterocycles. The van der Waals surface area contributed by atoms with E-state index in [0.717, 1.165) is 44.8 Å². The SMILES string of the molecule is CCOC(=O)COc1c2cc(C(C)(C)C)cc1Cc1cc(/C=N/Nc3ccccc3)cc(c1O)Cc1cc(C(C)(C)C)cc(c1OCC(=O)OCC)Cc1cc(/C=N/Nc3ccccc3)cc(c1O)C2. The molecular formula is C58H64N4O8. The van der Waals surface area contributed by atoms with Crippen molar-refractivity contribution < 1.29 is 38.7 Å². The van der Waals surface area contributed by atoms with Gasteiger partial charge in [0.1, 0.15) is 23.0 Å². The molecule has 6 aromatic rings. The number of phenols is 2. The van der Waals surface area contributed by atoms with E-state index in [2.05, 4.69) is 86.9 Å². The van der Waals surface area contributed by atoms with Crippen molar-refractivity contribution >= 4 is 35.7 Å². The molecule has 12 heteroatoms. The van der Waals surface area contributed by atoms with Crippen LogP contribution in [-0.2, 0) is 55.6 Å². The minimum absolute atomic E-state index is 0.0641. The van der Waals surface area contributed by atoms with Gasteiger partial charge >= 0.3 is 11.9 Å². The molecule has 0 unspecified atom stereocenters. The first-order valence-corrected chi connectivity index (χ1v) is 23.8. The molecule has 364 valence electrons. The predicted octanol–water partition coefficient (Wildman–Crippen LogP) is 11.1. The zero-order valence-electron chi connectivity index (χ0n) is 41.4. The first kappa shape index (κ1) is 50.3. The van der Waals surface area contributed by atoms with Crippen LogP contribution in [-0.4, -0.2) is 61.0 Å². The topological polar surface area (TPSA) is 160 Å². The van der Waals surface area contributed by atoms with E-state index in [1.54, 1.807) is 26.3 Å². The lowest BCUT2D eigenvalue weighted by Gasteiger charge is -2.26. The third-order valence-electron chi connectivity index (χ3n) is 12.0. The molecule has 70 heavy (non-hydrogen) atoms. The molecule has 0 fully saturated rings. The van der Waals surface area contributed by atoms with Gasteiger partial charge in [-0.1, -0.05) is 102 Å². The number of carbonyl (C=O) groups excluding carboxylic acids is 2. The molecule has 0 amide bonds. The third kappa shape index (κ3) is 12.9. The lowest BCUT2D eigenvalue weighted by molar-refractivity contribution is -0.146. The summed E-state index contributed by atoms with van der Waals surface area (Å²) >= 11 is 0. The number of hydrogen-bond donors (Lipinski definition) is 4. The van der Waals surface area contributed by atoms with E-state index < -0.39 is 11.9 Å². The van der Waals surface area contributed by atoms with Crippen molar-refractivity contribution in [2.75, 3.05) is 37.3 Å². The van der Waals surface area contributed by atoms with Crippen molar-refractivity contribution in [3.8, 4) is 23.0 Å². The number of benzene rings is 6. The van der Waals surface area contributed by atoms with E-state index in [9.17, 15) is 19.8 Å². The fourth-order valence-corrected chi connectivity index (χ4v) is 8.41. The summed E-state index contributed by atoms with van der Waals surface area (Å²) in [5, 5.41) is 34.3. The standard InChI is InChI=1S/C58H64N4O8/c1-9-67-51(63)35-69-55-43-25-39-21-37(33-59-61-49-17-13-11-14-18-49)23-41(53(39)65)27-45-31-48(58(6,7)8)32-46(56(45)70-36-52(64)68-10-2)28-42-24-38(34-60-62-50-19-15-12-16-20-50)22-40(54(42)66)26-44(55)30-47(29-43)57(3,4)5/h11-24,29-34,61-62,65-66H,9-10,25-28,35-36H2,1-8H3/b59-33+,60-34+. The van der Waals surface area contributed by atoms with Crippen LogP contribution < -0.4 is 20.3 Å². The van der Waals surface area contributed by atoms with Crippen molar-refractivity contribution in [3.63, 3.8) is 0 Å². The van der Waals surface area contributed by atoms with Crippen LogP contribution in [0.1, 0.15) is 122 Å². The van der Waals surface area contributed by atoms with Gasteiger partial charge in [0, 0.05) is 25.7 Å². The van der Waals surface area contributed by atoms with Gasteiger partial charge < -0.3 is 29.2 Å². The van der Waals surface area contributed by atoms with Crippen LogP contribution >= 0.6 is 0 Å². The second-order valence-corrected chi connectivity index (χ2v) is 19.5. The summed E-state index contributed by atoms with van der Waals surface area (Å²) in [5.74, 6) is -0.0364. The summed E-state index contributed by atoms with van der Waals surface area (Å²) in [6.45, 7) is 15.9. The molecule has 0 saturated heterocycles. The monoisotopic (exact) mass is 944 g/mol. The molecule has 1 aliphatic carbocycles. The molecule has 0 heterocycles. The van der Waals surface area contributed by atoms with Crippen LogP contribution in [0.4, 0.5) is 11.4 Å². The lowest BCUT2D eigenvalue weighted by Crippen LogP contribution is -2.18. The van der Waals surface area contributed by atoms with Crippen LogP contribution in [0.3, 0.4) is 0 Å². The van der Waals surface area contributed by atoms with Gasteiger partial charge in [0.25, 0.3) is 0 Å². The highest BCUT2D eigenvalue weighted by Gasteiger charge is 2.27. The maximum atomic E-state index is 13.0. The average Bonchev–Trinajstić information content (AvgIpc) is 3.31. The molecule has 0 spiro atoms. The van der Waals surface area contributed by atoms with Gasteiger partial charge in [-0.25, -0.2) is 9.59 Å². The molecule has 8 bridgehead atoms. The van der Waals surface area contributed by atoms with E-state index in [1.165, 1.54) is 0 Å². The average molecular weight is 945 g/mol. The Balaban J connectivity index is 1.51. The normalized spacial score (nSPS) is 12.7. The summed E-state index contributed by atoms with van der Waals surface area (Å²) in [7, 11) is 0. The Morgan fingerprint density at radius 2 is 0.829 bits per heavy atom. The molecule has 12 nitrogen and oxygen atoms in total. The van der Waals surface area contributed by atoms with Crippen molar-refractivity contribution in [2.45, 2.75) is 91.9 Å². The lowest BCUT2D eigenvalue weighted by atomic mass is 9.81. The highest BCUT2D eigenvalue weighted by Crippen LogP contribution is 2.42. The van der Waals surface area contributed by atoms with Crippen LogP contribution in [0.15, 0.2) is 119 Å². The third-order valence-corrected chi connectivity index (χ3v) is 12.0. The Bertz CT molecular complexity index is 2590. The fraction of sp³-hybridized carbons (Fsp3) is 0.310. The molecule has 0 atom stereocenters. The summed E-state index contributed by atoms with van der Waals surface area (Å²) in [6, 6.07) is 35.1. The van der Waals surface area contributed by atoms with Crippen LogP contribution in [0.2, 0.25) is 0 Å². The van der Waals surface area contributed by atoms with Gasteiger partial charge in [-0.2, -0.15) is 10.2 Å². The van der Waals surface area contributed by atoms with Crippen LogP contribution in [0.25, 0.3) is 0 Å². The van der Waals surface area contributed by atoms with Crippen LogP contribution in [0.5, 0.6) is 23.0 Å². The molecule has 0 aliphatic heterocycles. The maximum absolute atomic E-state index is 13.0. The first-order chi connectivity index (χ1) is 33.5. The number of nitrogens with zero attached hydrogens (tertiary/aromatic N) is 2. The van der Waals surface area contributed by atoms with E-state index in [4.69, 9.17) is 18.9 Å².